The fourth-order valence-corrected chi connectivity index (χ4v) is 10.2. The number of allylic oxidation sites excluding steroid dienone is 6. The topological polar surface area (TPSA) is 95.9 Å². The molecule has 0 rings (SSSR count). The molecule has 0 aliphatic carbocycles. The van der Waals surface area contributed by atoms with Gasteiger partial charge in [0, 0.05) is 12.8 Å². The quantitative estimate of drug-likeness (QED) is 0.0244. The minimum atomic E-state index is -0.673. The van der Waals surface area contributed by atoms with Crippen molar-refractivity contribution in [3.05, 3.63) is 36.5 Å². The lowest BCUT2D eigenvalue weighted by Crippen LogP contribution is -2.45. The van der Waals surface area contributed by atoms with Gasteiger partial charge in [0.1, 0.15) is 0 Å². The second-order valence-electron chi connectivity index (χ2n) is 22.5. The lowest BCUT2D eigenvalue weighted by atomic mass is 10.0. The van der Waals surface area contributed by atoms with Gasteiger partial charge in [0.15, 0.2) is 0 Å². The molecule has 0 radical (unpaired) electrons. The van der Waals surface area contributed by atoms with E-state index in [1.165, 1.54) is 250 Å². The fourth-order valence-electron chi connectivity index (χ4n) is 10.2. The molecule has 6 nitrogen and oxygen atoms in total. The maximum Gasteiger partial charge on any atom is 0.305 e. The van der Waals surface area contributed by atoms with Crippen LogP contribution in [0.5, 0.6) is 0 Å². The number of hydrogen-bond acceptors (Lipinski definition) is 5. The Bertz CT molecular complexity index is 1180. The lowest BCUT2D eigenvalue weighted by molar-refractivity contribution is -0.143. The molecule has 6 heteroatoms. The Kier molecular flexibility index (Phi) is 61.0. The molecular weight excluding hydrogens is 899 g/mol. The van der Waals surface area contributed by atoms with E-state index in [1.807, 2.05) is 0 Å². The van der Waals surface area contributed by atoms with E-state index in [0.717, 1.165) is 70.6 Å². The summed E-state index contributed by atoms with van der Waals surface area (Å²) >= 11 is 0. The van der Waals surface area contributed by atoms with Crippen LogP contribution in [0, 0.1) is 0 Å². The van der Waals surface area contributed by atoms with Crippen LogP contribution in [0.15, 0.2) is 36.5 Å². The zero-order valence-electron chi connectivity index (χ0n) is 49.1. The van der Waals surface area contributed by atoms with Crippen LogP contribution >= 0.6 is 0 Å². The summed E-state index contributed by atoms with van der Waals surface area (Å²) in [5, 5.41) is 23.4. The van der Waals surface area contributed by atoms with Gasteiger partial charge in [0.05, 0.1) is 25.4 Å². The van der Waals surface area contributed by atoms with Crippen molar-refractivity contribution in [2.75, 3.05) is 13.2 Å². The van der Waals surface area contributed by atoms with Gasteiger partial charge < -0.3 is 20.3 Å². The summed E-state index contributed by atoms with van der Waals surface area (Å²) in [7, 11) is 0. The molecule has 430 valence electrons. The van der Waals surface area contributed by atoms with Crippen molar-refractivity contribution in [2.45, 2.75) is 366 Å². The van der Waals surface area contributed by atoms with Crippen LogP contribution in [0.1, 0.15) is 354 Å². The van der Waals surface area contributed by atoms with E-state index in [4.69, 9.17) is 4.74 Å². The van der Waals surface area contributed by atoms with Gasteiger partial charge >= 0.3 is 5.97 Å². The van der Waals surface area contributed by atoms with Gasteiger partial charge in [0.2, 0.25) is 5.91 Å². The first kappa shape index (κ1) is 71.1. The summed E-state index contributed by atoms with van der Waals surface area (Å²) in [4.78, 5) is 24.6. The summed E-state index contributed by atoms with van der Waals surface area (Å²) in [6.07, 6.45) is 78.8. The lowest BCUT2D eigenvalue weighted by Gasteiger charge is -2.22. The van der Waals surface area contributed by atoms with Gasteiger partial charge in [-0.05, 0) is 83.5 Å². The average Bonchev–Trinajstić information content (AvgIpc) is 3.39. The van der Waals surface area contributed by atoms with Crippen LogP contribution in [-0.2, 0) is 14.3 Å². The predicted octanol–water partition coefficient (Wildman–Crippen LogP) is 20.8. The molecule has 0 spiro atoms. The number of esters is 1. The smallest absolute Gasteiger partial charge is 0.305 e. The van der Waals surface area contributed by atoms with Crippen LogP contribution < -0.4 is 5.32 Å². The molecule has 3 N–H and O–H groups in total. The van der Waals surface area contributed by atoms with Gasteiger partial charge in [-0.2, -0.15) is 0 Å². The van der Waals surface area contributed by atoms with Crippen molar-refractivity contribution in [2.24, 2.45) is 0 Å². The largest absolute Gasteiger partial charge is 0.466 e. The van der Waals surface area contributed by atoms with Crippen LogP contribution in [0.2, 0.25) is 0 Å². The number of amides is 1. The van der Waals surface area contributed by atoms with Crippen molar-refractivity contribution >= 4 is 11.9 Å². The summed E-state index contributed by atoms with van der Waals surface area (Å²) in [5.41, 5.74) is 0. The average molecular weight is 1030 g/mol. The summed E-state index contributed by atoms with van der Waals surface area (Å²) in [5.74, 6) is -0.0637. The first-order valence-corrected chi connectivity index (χ1v) is 32.8. The van der Waals surface area contributed by atoms with Crippen molar-refractivity contribution in [3.63, 3.8) is 0 Å². The third-order valence-electron chi connectivity index (χ3n) is 15.2. The maximum atomic E-state index is 12.5. The molecule has 1 amide bonds. The molecule has 2 atom stereocenters. The molecule has 0 fully saturated rings. The molecule has 0 bridgehead atoms. The molecule has 0 aliphatic rings. The van der Waals surface area contributed by atoms with Crippen LogP contribution in [-0.4, -0.2) is 47.4 Å². The second-order valence-corrected chi connectivity index (χ2v) is 22.5. The number of carbonyl (C=O) groups is 2. The number of hydrogen-bond donors (Lipinski definition) is 3. The van der Waals surface area contributed by atoms with Crippen LogP contribution in [0.3, 0.4) is 0 Å². The SMILES string of the molecule is CCCCCC/C=C\CCCCCCCC(=O)OCCCCC/C=C\C=C/CCCCCCCCCCCCC(=O)NC(CO)C(O)CCCCCCCCCCCCCCCCCCCCCCCCCC. The van der Waals surface area contributed by atoms with E-state index in [9.17, 15) is 19.8 Å². The standard InChI is InChI=1S/C67H127NO5/c1-3-5-7-9-11-13-15-17-18-19-20-21-22-23-24-26-29-32-36-39-43-47-51-55-59-65(70)64(63-69)68-66(71)60-56-52-48-44-40-37-33-30-27-25-28-31-34-38-42-46-50-54-58-62-73-67(72)61-57-53-49-45-41-35-16-14-12-10-8-6-4-2/h14,16,31,34,38,42,64-65,69-70H,3-13,15,17-30,32-33,35-37,39-41,43-63H2,1-2H3,(H,68,71)/b16-14-,34-31-,42-38-. The van der Waals surface area contributed by atoms with Crippen molar-refractivity contribution < 1.29 is 24.5 Å². The normalized spacial score (nSPS) is 12.8. The van der Waals surface area contributed by atoms with E-state index >= 15 is 0 Å². The zero-order chi connectivity index (χ0) is 52.9. The van der Waals surface area contributed by atoms with Gasteiger partial charge in [-0.15, -0.1) is 0 Å². The molecule has 2 unspecified atom stereocenters. The summed E-state index contributed by atoms with van der Waals surface area (Å²) in [6.45, 7) is 4.92. The van der Waals surface area contributed by atoms with E-state index in [-0.39, 0.29) is 18.5 Å². The Balaban J connectivity index is 3.47. The number of aliphatic hydroxyl groups excluding tert-OH is 2. The number of unbranched alkanes of at least 4 members (excludes halogenated alkanes) is 45. The summed E-state index contributed by atoms with van der Waals surface area (Å²) < 4.78 is 5.45. The molecule has 0 aromatic rings. The predicted molar refractivity (Wildman–Crippen MR) is 319 cm³/mol. The number of ether oxygens (including phenoxy) is 1. The highest BCUT2D eigenvalue weighted by atomic mass is 16.5. The van der Waals surface area contributed by atoms with E-state index < -0.39 is 12.1 Å². The molecule has 0 aliphatic heterocycles. The Labute approximate surface area is 455 Å². The highest BCUT2D eigenvalue weighted by Gasteiger charge is 2.20. The van der Waals surface area contributed by atoms with Gasteiger partial charge in [-0.1, -0.05) is 294 Å². The summed E-state index contributed by atoms with van der Waals surface area (Å²) in [6, 6.07) is -0.551. The van der Waals surface area contributed by atoms with Crippen LogP contribution in [0.4, 0.5) is 0 Å². The van der Waals surface area contributed by atoms with E-state index in [2.05, 4.69) is 55.6 Å². The van der Waals surface area contributed by atoms with Crippen molar-refractivity contribution in [3.8, 4) is 0 Å². The minimum Gasteiger partial charge on any atom is -0.466 e. The second kappa shape index (κ2) is 62.6. The van der Waals surface area contributed by atoms with E-state index in [0.29, 0.717) is 25.9 Å². The molecule has 0 aromatic carbocycles. The van der Waals surface area contributed by atoms with Crippen molar-refractivity contribution in [1.29, 1.82) is 0 Å². The monoisotopic (exact) mass is 1030 g/mol. The van der Waals surface area contributed by atoms with E-state index in [1.54, 1.807) is 0 Å². The fraction of sp³-hybridized carbons (Fsp3) is 0.881. The van der Waals surface area contributed by atoms with Crippen molar-refractivity contribution in [1.82, 2.24) is 5.32 Å². The molecule has 0 saturated heterocycles. The third-order valence-corrected chi connectivity index (χ3v) is 15.2. The Morgan fingerprint density at radius 2 is 0.685 bits per heavy atom. The van der Waals surface area contributed by atoms with Crippen LogP contribution in [0.25, 0.3) is 0 Å². The van der Waals surface area contributed by atoms with Gasteiger partial charge in [-0.3, -0.25) is 9.59 Å². The Morgan fingerprint density at radius 1 is 0.384 bits per heavy atom. The molecule has 0 heterocycles. The zero-order valence-corrected chi connectivity index (χ0v) is 49.1. The first-order valence-electron chi connectivity index (χ1n) is 32.8. The first-order chi connectivity index (χ1) is 36.0. The molecule has 0 aromatic heterocycles. The minimum absolute atomic E-state index is 0.0221. The number of aliphatic hydroxyl groups is 2. The molecule has 73 heavy (non-hydrogen) atoms. The Hall–Kier alpha value is -1.92. The highest BCUT2D eigenvalue weighted by molar-refractivity contribution is 5.76. The Morgan fingerprint density at radius 3 is 1.07 bits per heavy atom. The number of rotatable bonds is 61. The van der Waals surface area contributed by atoms with Gasteiger partial charge in [0.25, 0.3) is 0 Å². The number of nitrogens with one attached hydrogen (secondary N) is 1. The van der Waals surface area contributed by atoms with Gasteiger partial charge in [-0.25, -0.2) is 0 Å². The maximum absolute atomic E-state index is 12.5. The molecular formula is C67H127NO5. The third kappa shape index (κ3) is 59.2. The number of carbonyl (C=O) groups excluding carboxylic acids is 2. The molecule has 0 saturated carbocycles. The highest BCUT2D eigenvalue weighted by Crippen LogP contribution is 2.18.